The summed E-state index contributed by atoms with van der Waals surface area (Å²) in [6.45, 7) is 15.6. The average Bonchev–Trinajstić information content (AvgIpc) is 2.73. The van der Waals surface area contributed by atoms with Crippen LogP contribution in [0.1, 0.15) is 83.5 Å². The molecule has 0 aliphatic rings. The highest BCUT2D eigenvalue weighted by atomic mass is 32.1. The minimum absolute atomic E-state index is 0.0685. The molecular formula is C26H43N3O4S. The molecule has 34 heavy (non-hydrogen) atoms. The van der Waals surface area contributed by atoms with Crippen LogP contribution in [-0.2, 0) is 14.3 Å². The number of thiol groups is 1. The highest BCUT2D eigenvalue weighted by Gasteiger charge is 2.37. The summed E-state index contributed by atoms with van der Waals surface area (Å²) >= 11 is 4.30. The first-order chi connectivity index (χ1) is 15.8. The SMILES string of the molecule is CCCCCNC(=O)C(c1ccc(C)c(C)c1)N(C(=O)C(CS)NC(=O)OC(C)(C)C)C(C)C. The number of carbonyl (C=O) groups is 3. The Morgan fingerprint density at radius 1 is 1.09 bits per heavy atom. The maximum absolute atomic E-state index is 13.7. The quantitative estimate of drug-likeness (QED) is 0.308. The van der Waals surface area contributed by atoms with Crippen LogP contribution in [0.3, 0.4) is 0 Å². The predicted molar refractivity (Wildman–Crippen MR) is 140 cm³/mol. The molecule has 0 aromatic heterocycles. The Morgan fingerprint density at radius 3 is 2.24 bits per heavy atom. The molecule has 2 N–H and O–H groups in total. The van der Waals surface area contributed by atoms with Gasteiger partial charge in [0.15, 0.2) is 0 Å². The third-order valence-corrected chi connectivity index (χ3v) is 5.80. The summed E-state index contributed by atoms with van der Waals surface area (Å²) < 4.78 is 5.32. The molecule has 1 rings (SSSR count). The molecule has 1 aromatic rings. The summed E-state index contributed by atoms with van der Waals surface area (Å²) in [4.78, 5) is 41.0. The Morgan fingerprint density at radius 2 is 1.74 bits per heavy atom. The van der Waals surface area contributed by atoms with Crippen molar-refractivity contribution in [1.82, 2.24) is 15.5 Å². The van der Waals surface area contributed by atoms with Gasteiger partial charge in [0.1, 0.15) is 17.7 Å². The Bertz CT molecular complexity index is 836. The zero-order valence-corrected chi connectivity index (χ0v) is 22.9. The van der Waals surface area contributed by atoms with Crippen molar-refractivity contribution in [3.8, 4) is 0 Å². The predicted octanol–water partition coefficient (Wildman–Crippen LogP) is 4.71. The largest absolute Gasteiger partial charge is 0.444 e. The van der Waals surface area contributed by atoms with E-state index in [1.807, 2.05) is 45.9 Å². The number of amides is 3. The van der Waals surface area contributed by atoms with E-state index in [2.05, 4.69) is 30.2 Å². The van der Waals surface area contributed by atoms with Crippen molar-refractivity contribution in [1.29, 1.82) is 0 Å². The van der Waals surface area contributed by atoms with E-state index < -0.39 is 23.8 Å². The number of rotatable bonds is 11. The van der Waals surface area contributed by atoms with Crippen molar-refractivity contribution in [3.05, 3.63) is 34.9 Å². The fourth-order valence-electron chi connectivity index (χ4n) is 3.55. The summed E-state index contributed by atoms with van der Waals surface area (Å²) in [5, 5.41) is 5.63. The van der Waals surface area contributed by atoms with Gasteiger partial charge < -0.3 is 20.3 Å². The molecule has 0 radical (unpaired) electrons. The number of nitrogens with zero attached hydrogens (tertiary/aromatic N) is 1. The number of unbranched alkanes of at least 4 members (excludes halogenated alkanes) is 2. The van der Waals surface area contributed by atoms with Gasteiger partial charge >= 0.3 is 6.09 Å². The summed E-state index contributed by atoms with van der Waals surface area (Å²) in [5.41, 5.74) is 2.17. The monoisotopic (exact) mass is 493 g/mol. The molecule has 0 fully saturated rings. The molecule has 0 aliphatic carbocycles. The molecule has 0 heterocycles. The lowest BCUT2D eigenvalue weighted by atomic mass is 9.97. The first-order valence-electron chi connectivity index (χ1n) is 12.1. The van der Waals surface area contributed by atoms with E-state index in [4.69, 9.17) is 4.74 Å². The third-order valence-electron chi connectivity index (χ3n) is 5.44. The molecule has 0 spiro atoms. The summed E-state index contributed by atoms with van der Waals surface area (Å²) in [6.07, 6.45) is 2.24. The molecular weight excluding hydrogens is 450 g/mol. The van der Waals surface area contributed by atoms with Crippen molar-refractivity contribution in [2.75, 3.05) is 12.3 Å². The van der Waals surface area contributed by atoms with Gasteiger partial charge in [-0.15, -0.1) is 0 Å². The first kappa shape index (κ1) is 29.8. The maximum atomic E-state index is 13.7. The number of hydrogen-bond acceptors (Lipinski definition) is 5. The van der Waals surface area contributed by atoms with Crippen molar-refractivity contribution in [2.45, 2.75) is 98.4 Å². The van der Waals surface area contributed by atoms with Gasteiger partial charge in [-0.05, 0) is 71.6 Å². The zero-order chi connectivity index (χ0) is 26.1. The van der Waals surface area contributed by atoms with Gasteiger partial charge in [0, 0.05) is 18.3 Å². The fourth-order valence-corrected chi connectivity index (χ4v) is 3.80. The molecule has 0 bridgehead atoms. The van der Waals surface area contributed by atoms with Crippen LogP contribution in [-0.4, -0.2) is 52.8 Å². The Hall–Kier alpha value is -2.22. The second-order valence-corrected chi connectivity index (χ2v) is 10.3. The van der Waals surface area contributed by atoms with Crippen LogP contribution in [0.2, 0.25) is 0 Å². The van der Waals surface area contributed by atoms with E-state index in [9.17, 15) is 14.4 Å². The molecule has 0 aliphatic heterocycles. The Kier molecular flexibility index (Phi) is 11.9. The molecule has 7 nitrogen and oxygen atoms in total. The minimum atomic E-state index is -0.942. The van der Waals surface area contributed by atoms with Crippen molar-refractivity contribution < 1.29 is 19.1 Å². The number of alkyl carbamates (subject to hydrolysis) is 1. The first-order valence-corrected chi connectivity index (χ1v) is 12.7. The van der Waals surface area contributed by atoms with Crippen LogP contribution in [0.25, 0.3) is 0 Å². The second-order valence-electron chi connectivity index (χ2n) is 9.97. The van der Waals surface area contributed by atoms with E-state index >= 15 is 0 Å². The minimum Gasteiger partial charge on any atom is -0.444 e. The lowest BCUT2D eigenvalue weighted by Gasteiger charge is -2.37. The third kappa shape index (κ3) is 9.20. The van der Waals surface area contributed by atoms with Gasteiger partial charge in [0.05, 0.1) is 0 Å². The number of nitrogens with one attached hydrogen (secondary N) is 2. The zero-order valence-electron chi connectivity index (χ0n) is 22.0. The molecule has 3 amide bonds. The van der Waals surface area contributed by atoms with Crippen molar-refractivity contribution in [3.63, 3.8) is 0 Å². The van der Waals surface area contributed by atoms with E-state index in [1.165, 1.54) is 4.90 Å². The lowest BCUT2D eigenvalue weighted by Crippen LogP contribution is -2.55. The molecule has 1 aromatic carbocycles. The average molecular weight is 494 g/mol. The number of carbonyl (C=O) groups excluding carboxylic acids is 3. The summed E-state index contributed by atoms with van der Waals surface area (Å²) in [7, 11) is 0. The number of hydrogen-bond donors (Lipinski definition) is 3. The molecule has 0 saturated carbocycles. The van der Waals surface area contributed by atoms with Gasteiger partial charge in [0.25, 0.3) is 0 Å². The van der Waals surface area contributed by atoms with Crippen molar-refractivity contribution in [2.24, 2.45) is 0 Å². The Balaban J connectivity index is 3.33. The number of ether oxygens (including phenoxy) is 1. The van der Waals surface area contributed by atoms with Gasteiger partial charge in [-0.1, -0.05) is 38.0 Å². The van der Waals surface area contributed by atoms with Crippen molar-refractivity contribution >= 4 is 30.5 Å². The van der Waals surface area contributed by atoms with E-state index in [0.29, 0.717) is 6.54 Å². The molecule has 0 saturated heterocycles. The van der Waals surface area contributed by atoms with Crippen LogP contribution in [0.4, 0.5) is 4.79 Å². The number of benzene rings is 1. The molecule has 2 atom stereocenters. The standard InChI is InChI=1S/C26H43N3O4S/c1-9-10-11-14-27-23(30)22(20-13-12-18(4)19(5)15-20)29(17(2)3)24(31)21(16-34)28-25(32)33-26(6,7)8/h12-13,15,17,21-22,34H,9-11,14,16H2,1-8H3,(H,27,30)(H,28,32). The summed E-state index contributed by atoms with van der Waals surface area (Å²) in [6, 6.07) is 3.71. The lowest BCUT2D eigenvalue weighted by molar-refractivity contribution is -0.144. The number of aryl methyl sites for hydroxylation is 2. The van der Waals surface area contributed by atoms with Crippen LogP contribution in [0, 0.1) is 13.8 Å². The van der Waals surface area contributed by atoms with Gasteiger partial charge in [0.2, 0.25) is 11.8 Å². The summed E-state index contributed by atoms with van der Waals surface area (Å²) in [5.74, 6) is -0.557. The van der Waals surface area contributed by atoms with Gasteiger partial charge in [-0.3, -0.25) is 9.59 Å². The van der Waals surface area contributed by atoms with E-state index in [0.717, 1.165) is 36.0 Å². The highest BCUT2D eigenvalue weighted by molar-refractivity contribution is 7.80. The molecule has 8 heteroatoms. The van der Waals surface area contributed by atoms with Gasteiger partial charge in [-0.2, -0.15) is 12.6 Å². The maximum Gasteiger partial charge on any atom is 0.408 e. The van der Waals surface area contributed by atoms with E-state index in [1.54, 1.807) is 20.8 Å². The van der Waals surface area contributed by atoms with Crippen LogP contribution in [0.15, 0.2) is 18.2 Å². The smallest absolute Gasteiger partial charge is 0.408 e. The van der Waals surface area contributed by atoms with E-state index in [-0.39, 0.29) is 23.6 Å². The second kappa shape index (κ2) is 13.6. The normalized spacial score (nSPS) is 13.2. The molecule has 192 valence electrons. The Labute approximate surface area is 210 Å². The topological polar surface area (TPSA) is 87.7 Å². The van der Waals surface area contributed by atoms with Crippen LogP contribution in [0.5, 0.6) is 0 Å². The van der Waals surface area contributed by atoms with Gasteiger partial charge in [-0.25, -0.2) is 4.79 Å². The van der Waals surface area contributed by atoms with Crippen LogP contribution < -0.4 is 10.6 Å². The molecule has 2 unspecified atom stereocenters. The highest BCUT2D eigenvalue weighted by Crippen LogP contribution is 2.27. The fraction of sp³-hybridized carbons (Fsp3) is 0.654. The van der Waals surface area contributed by atoms with Crippen LogP contribution >= 0.6 is 12.6 Å².